The summed E-state index contributed by atoms with van der Waals surface area (Å²) in [6.45, 7) is 3.72. The van der Waals surface area contributed by atoms with Gasteiger partial charge in [0.2, 0.25) is 0 Å². The molecule has 4 heteroatoms. The Morgan fingerprint density at radius 3 is 2.77 bits per heavy atom. The summed E-state index contributed by atoms with van der Waals surface area (Å²) in [5.74, 6) is 0.451. The number of alkyl halides is 2. The summed E-state index contributed by atoms with van der Waals surface area (Å²) < 4.78 is 16.8. The highest BCUT2D eigenvalue weighted by Gasteiger charge is 2.33. The quantitative estimate of drug-likeness (QED) is 0.763. The van der Waals surface area contributed by atoms with Gasteiger partial charge in [-0.3, -0.25) is 0 Å². The van der Waals surface area contributed by atoms with E-state index in [1.165, 1.54) is 12.2 Å². The molecule has 0 aliphatic heterocycles. The van der Waals surface area contributed by atoms with E-state index in [0.29, 0.717) is 5.76 Å². The highest BCUT2D eigenvalue weighted by molar-refractivity contribution is 9.10. The van der Waals surface area contributed by atoms with E-state index in [1.54, 1.807) is 6.08 Å². The first-order valence-corrected chi connectivity index (χ1v) is 4.84. The van der Waals surface area contributed by atoms with Crippen molar-refractivity contribution in [3.05, 3.63) is 24.0 Å². The topological polar surface area (TPSA) is 29.5 Å². The molecule has 0 amide bonds. The van der Waals surface area contributed by atoms with Crippen LogP contribution in [-0.4, -0.2) is 21.9 Å². The van der Waals surface area contributed by atoms with Gasteiger partial charge in [-0.1, -0.05) is 0 Å². The molecule has 0 heterocycles. The third kappa shape index (κ3) is 2.81. The lowest BCUT2D eigenvalue weighted by Gasteiger charge is -2.24. The molecule has 0 aromatic carbocycles. The molecule has 2 nitrogen and oxygen atoms in total. The Hall–Kier alpha value is -0.350. The Labute approximate surface area is 85.2 Å². The highest BCUT2D eigenvalue weighted by Crippen LogP contribution is 2.30. The first-order chi connectivity index (χ1) is 5.92. The summed E-state index contributed by atoms with van der Waals surface area (Å²) in [4.78, 5) is 0. The fourth-order valence-electron chi connectivity index (χ4n) is 0.958. The Balaban J connectivity index is 2.69. The Bertz CT molecular complexity index is 246. The van der Waals surface area contributed by atoms with Gasteiger partial charge < -0.3 is 9.84 Å². The van der Waals surface area contributed by atoms with Crippen molar-refractivity contribution in [2.45, 2.75) is 30.6 Å². The maximum absolute atomic E-state index is 13.2. The molecule has 0 radical (unpaired) electrons. The number of rotatable bonds is 2. The molecule has 0 bridgehead atoms. The molecule has 0 saturated carbocycles. The van der Waals surface area contributed by atoms with Gasteiger partial charge in [-0.15, -0.1) is 0 Å². The van der Waals surface area contributed by atoms with Crippen LogP contribution in [0.3, 0.4) is 0 Å². The summed E-state index contributed by atoms with van der Waals surface area (Å²) in [5, 5.41) is 9.35. The smallest absolute Gasteiger partial charge is 0.173 e. The number of allylic oxidation sites excluding steroid dienone is 1. The standard InChI is InChI=1S/C9H12BrFO2/c1-6(2)13-7-3-4-9(10,12)8(11)5-7/h3-6,8,12H,1-2H3. The zero-order valence-corrected chi connectivity index (χ0v) is 9.08. The number of aliphatic hydroxyl groups is 1. The SMILES string of the molecule is CC(C)OC1=CC(F)C(O)(Br)C=C1. The number of ether oxygens (including phenoxy) is 1. The van der Waals surface area contributed by atoms with Crippen molar-refractivity contribution in [1.82, 2.24) is 0 Å². The zero-order valence-electron chi connectivity index (χ0n) is 7.50. The molecule has 2 unspecified atom stereocenters. The van der Waals surface area contributed by atoms with E-state index in [2.05, 4.69) is 15.9 Å². The number of hydrogen-bond acceptors (Lipinski definition) is 2. The third-order valence-electron chi connectivity index (χ3n) is 1.55. The van der Waals surface area contributed by atoms with Crippen LogP contribution in [-0.2, 0) is 4.74 Å². The van der Waals surface area contributed by atoms with E-state index < -0.39 is 10.7 Å². The van der Waals surface area contributed by atoms with Gasteiger partial charge in [0.25, 0.3) is 0 Å². The summed E-state index contributed by atoms with van der Waals surface area (Å²) in [7, 11) is 0. The van der Waals surface area contributed by atoms with Gasteiger partial charge in [0, 0.05) is 0 Å². The van der Waals surface area contributed by atoms with Gasteiger partial charge in [-0.25, -0.2) is 4.39 Å². The minimum Gasteiger partial charge on any atom is -0.491 e. The van der Waals surface area contributed by atoms with E-state index in [0.717, 1.165) is 0 Å². The Kier molecular flexibility index (Phi) is 3.14. The molecule has 74 valence electrons. The number of hydrogen-bond donors (Lipinski definition) is 1. The van der Waals surface area contributed by atoms with Crippen LogP contribution < -0.4 is 0 Å². The van der Waals surface area contributed by atoms with Crippen molar-refractivity contribution in [2.75, 3.05) is 0 Å². The van der Waals surface area contributed by atoms with Crippen LogP contribution in [0.5, 0.6) is 0 Å². The van der Waals surface area contributed by atoms with Gasteiger partial charge in [-0.2, -0.15) is 0 Å². The molecular formula is C9H12BrFO2. The van der Waals surface area contributed by atoms with Crippen molar-refractivity contribution in [3.63, 3.8) is 0 Å². The lowest BCUT2D eigenvalue weighted by molar-refractivity contribution is 0.102. The number of halogens is 2. The average molecular weight is 251 g/mol. The van der Waals surface area contributed by atoms with E-state index in [9.17, 15) is 9.50 Å². The molecule has 0 spiro atoms. The first kappa shape index (κ1) is 10.7. The molecule has 13 heavy (non-hydrogen) atoms. The van der Waals surface area contributed by atoms with Crippen molar-refractivity contribution in [2.24, 2.45) is 0 Å². The second-order valence-corrected chi connectivity index (χ2v) is 4.47. The highest BCUT2D eigenvalue weighted by atomic mass is 79.9. The van der Waals surface area contributed by atoms with Crippen LogP contribution in [0.15, 0.2) is 24.0 Å². The molecule has 1 rings (SSSR count). The third-order valence-corrected chi connectivity index (χ3v) is 2.25. The van der Waals surface area contributed by atoms with Crippen LogP contribution in [0.1, 0.15) is 13.8 Å². The Morgan fingerprint density at radius 2 is 2.31 bits per heavy atom. The fraction of sp³-hybridized carbons (Fsp3) is 0.556. The van der Waals surface area contributed by atoms with Crippen molar-refractivity contribution in [3.8, 4) is 0 Å². The minimum atomic E-state index is -1.59. The molecule has 1 N–H and O–H groups in total. The maximum Gasteiger partial charge on any atom is 0.173 e. The summed E-state index contributed by atoms with van der Waals surface area (Å²) in [5.41, 5.74) is 0. The van der Waals surface area contributed by atoms with Gasteiger partial charge in [-0.05, 0) is 48.0 Å². The van der Waals surface area contributed by atoms with Crippen LogP contribution in [0.4, 0.5) is 4.39 Å². The molecule has 0 fully saturated rings. The van der Waals surface area contributed by atoms with Crippen LogP contribution in [0.2, 0.25) is 0 Å². The monoisotopic (exact) mass is 250 g/mol. The molecule has 0 saturated heterocycles. The zero-order chi connectivity index (χ0) is 10.1. The molecule has 1 aliphatic carbocycles. The Morgan fingerprint density at radius 1 is 1.69 bits per heavy atom. The largest absolute Gasteiger partial charge is 0.491 e. The van der Waals surface area contributed by atoms with Gasteiger partial charge in [0.1, 0.15) is 5.76 Å². The fourth-order valence-corrected chi connectivity index (χ4v) is 1.22. The second kappa shape index (κ2) is 3.80. The average Bonchev–Trinajstić information content (AvgIpc) is 1.97. The van der Waals surface area contributed by atoms with Gasteiger partial charge in [0.05, 0.1) is 6.10 Å². The minimum absolute atomic E-state index is 0.00428. The molecular weight excluding hydrogens is 239 g/mol. The predicted octanol–water partition coefficient (Wildman–Crippen LogP) is 2.29. The first-order valence-electron chi connectivity index (χ1n) is 4.05. The summed E-state index contributed by atoms with van der Waals surface area (Å²) >= 11 is 2.85. The normalized spacial score (nSPS) is 33.4. The lowest BCUT2D eigenvalue weighted by atomic mass is 10.1. The van der Waals surface area contributed by atoms with Crippen LogP contribution >= 0.6 is 15.9 Å². The van der Waals surface area contributed by atoms with Crippen LogP contribution in [0.25, 0.3) is 0 Å². The van der Waals surface area contributed by atoms with E-state index in [1.807, 2.05) is 13.8 Å². The maximum atomic E-state index is 13.2. The molecule has 0 aromatic rings. The summed E-state index contributed by atoms with van der Waals surface area (Å²) in [6.07, 6.45) is 2.64. The van der Waals surface area contributed by atoms with E-state index in [4.69, 9.17) is 4.74 Å². The van der Waals surface area contributed by atoms with Crippen molar-refractivity contribution >= 4 is 15.9 Å². The van der Waals surface area contributed by atoms with E-state index >= 15 is 0 Å². The predicted molar refractivity (Wildman–Crippen MR) is 52.2 cm³/mol. The lowest BCUT2D eigenvalue weighted by Crippen LogP contribution is -2.31. The molecule has 1 aliphatic rings. The second-order valence-electron chi connectivity index (χ2n) is 3.20. The van der Waals surface area contributed by atoms with Crippen molar-refractivity contribution < 1.29 is 14.2 Å². The molecule has 0 aromatic heterocycles. The van der Waals surface area contributed by atoms with Gasteiger partial charge in [0.15, 0.2) is 10.7 Å². The van der Waals surface area contributed by atoms with Crippen molar-refractivity contribution in [1.29, 1.82) is 0 Å². The van der Waals surface area contributed by atoms with Gasteiger partial charge >= 0.3 is 0 Å². The molecule has 2 atom stereocenters. The summed E-state index contributed by atoms with van der Waals surface area (Å²) in [6, 6.07) is 0. The van der Waals surface area contributed by atoms with E-state index in [-0.39, 0.29) is 6.10 Å². The van der Waals surface area contributed by atoms with Crippen LogP contribution in [0, 0.1) is 0 Å².